The van der Waals surface area contributed by atoms with Gasteiger partial charge >= 0.3 is 0 Å². The van der Waals surface area contributed by atoms with Crippen LogP contribution in [0.3, 0.4) is 0 Å². The molecule has 0 saturated heterocycles. The number of amides is 1. The van der Waals surface area contributed by atoms with Crippen LogP contribution in [0.1, 0.15) is 36.5 Å². The van der Waals surface area contributed by atoms with Crippen molar-refractivity contribution >= 4 is 11.6 Å². The van der Waals surface area contributed by atoms with Gasteiger partial charge in [-0.1, -0.05) is 48.5 Å². The van der Waals surface area contributed by atoms with Crippen LogP contribution in [0.15, 0.2) is 77.9 Å². The molecule has 4 nitrogen and oxygen atoms in total. The first-order valence-electron chi connectivity index (χ1n) is 9.44. The summed E-state index contributed by atoms with van der Waals surface area (Å²) >= 11 is 0. The van der Waals surface area contributed by atoms with Crippen molar-refractivity contribution in [3.63, 3.8) is 0 Å². The fourth-order valence-corrected chi connectivity index (χ4v) is 3.67. The van der Waals surface area contributed by atoms with Crippen molar-refractivity contribution in [2.24, 2.45) is 5.10 Å². The molecule has 1 aliphatic rings. The highest BCUT2D eigenvalue weighted by atomic mass is 16.5. The van der Waals surface area contributed by atoms with E-state index in [1.165, 1.54) is 0 Å². The highest BCUT2D eigenvalue weighted by Crippen LogP contribution is 2.44. The average molecular weight is 370 g/mol. The number of carbonyl (C=O) groups excluding carboxylic acids is 1. The van der Waals surface area contributed by atoms with Gasteiger partial charge in [0, 0.05) is 0 Å². The second-order valence-electron chi connectivity index (χ2n) is 6.74. The van der Waals surface area contributed by atoms with Crippen molar-refractivity contribution in [1.82, 2.24) is 5.43 Å². The lowest BCUT2D eigenvalue weighted by Gasteiger charge is -2.12. The molecule has 0 aromatic heterocycles. The minimum atomic E-state index is -0.343. The number of carbonyl (C=O) groups is 1. The largest absolute Gasteiger partial charge is 0.494 e. The number of hydrogen-bond donors (Lipinski definition) is 1. The summed E-state index contributed by atoms with van der Waals surface area (Å²) < 4.78 is 5.46. The third-order valence-electron chi connectivity index (χ3n) is 5.01. The smallest absolute Gasteiger partial charge is 0.252 e. The van der Waals surface area contributed by atoms with Crippen LogP contribution >= 0.6 is 0 Å². The van der Waals surface area contributed by atoms with E-state index in [2.05, 4.69) is 22.7 Å². The van der Waals surface area contributed by atoms with Crippen molar-refractivity contribution in [1.29, 1.82) is 0 Å². The predicted molar refractivity (Wildman–Crippen MR) is 112 cm³/mol. The SMILES string of the molecule is CCOc1ccc(C(C)=NNC(=O)C2c3ccccc3-c3ccccc32)cc1. The molecule has 0 fully saturated rings. The molecule has 3 aromatic rings. The number of fused-ring (bicyclic) bond motifs is 3. The number of ether oxygens (including phenoxy) is 1. The van der Waals surface area contributed by atoms with E-state index < -0.39 is 0 Å². The highest BCUT2D eigenvalue weighted by Gasteiger charge is 2.33. The molecule has 3 aromatic carbocycles. The Labute approximate surface area is 164 Å². The maximum absolute atomic E-state index is 13.0. The zero-order chi connectivity index (χ0) is 19.5. The molecule has 4 heteroatoms. The van der Waals surface area contributed by atoms with Gasteiger partial charge in [0.2, 0.25) is 0 Å². The molecule has 1 aliphatic carbocycles. The summed E-state index contributed by atoms with van der Waals surface area (Å²) in [6, 6.07) is 23.8. The van der Waals surface area contributed by atoms with Gasteiger partial charge in [0.1, 0.15) is 5.75 Å². The van der Waals surface area contributed by atoms with E-state index in [4.69, 9.17) is 4.74 Å². The lowest BCUT2D eigenvalue weighted by Crippen LogP contribution is -2.26. The predicted octanol–water partition coefficient (Wildman–Crippen LogP) is 4.74. The van der Waals surface area contributed by atoms with E-state index >= 15 is 0 Å². The van der Waals surface area contributed by atoms with Crippen molar-refractivity contribution in [2.75, 3.05) is 6.61 Å². The molecule has 0 unspecified atom stereocenters. The number of hydrogen-bond acceptors (Lipinski definition) is 3. The van der Waals surface area contributed by atoms with E-state index in [0.717, 1.165) is 39.3 Å². The number of benzene rings is 3. The maximum atomic E-state index is 13.0. The van der Waals surface area contributed by atoms with Crippen LogP contribution in [0.4, 0.5) is 0 Å². The number of rotatable bonds is 5. The maximum Gasteiger partial charge on any atom is 0.252 e. The molecular formula is C24H22N2O2. The Balaban J connectivity index is 1.56. The Kier molecular flexibility index (Phi) is 4.94. The fourth-order valence-electron chi connectivity index (χ4n) is 3.67. The Morgan fingerprint density at radius 2 is 1.50 bits per heavy atom. The average Bonchev–Trinajstić information content (AvgIpc) is 3.07. The Morgan fingerprint density at radius 1 is 0.929 bits per heavy atom. The van der Waals surface area contributed by atoms with Gasteiger partial charge in [0.15, 0.2) is 0 Å². The van der Waals surface area contributed by atoms with E-state index in [-0.39, 0.29) is 11.8 Å². The lowest BCUT2D eigenvalue weighted by atomic mass is 9.96. The fraction of sp³-hybridized carbons (Fsp3) is 0.167. The van der Waals surface area contributed by atoms with Gasteiger partial charge in [-0.3, -0.25) is 4.79 Å². The van der Waals surface area contributed by atoms with Gasteiger partial charge in [0.25, 0.3) is 5.91 Å². The molecule has 0 spiro atoms. The van der Waals surface area contributed by atoms with Gasteiger partial charge in [-0.25, -0.2) is 5.43 Å². The topological polar surface area (TPSA) is 50.7 Å². The van der Waals surface area contributed by atoms with Crippen LogP contribution in [-0.2, 0) is 4.79 Å². The molecule has 0 saturated carbocycles. The molecule has 0 atom stereocenters. The third-order valence-corrected chi connectivity index (χ3v) is 5.01. The third kappa shape index (κ3) is 3.29. The van der Waals surface area contributed by atoms with E-state index in [0.29, 0.717) is 6.61 Å². The molecule has 0 radical (unpaired) electrons. The van der Waals surface area contributed by atoms with Crippen molar-refractivity contribution in [3.05, 3.63) is 89.5 Å². The van der Waals surface area contributed by atoms with Gasteiger partial charge < -0.3 is 4.74 Å². The Bertz CT molecular complexity index is 993. The summed E-state index contributed by atoms with van der Waals surface area (Å²) in [5.74, 6) is 0.356. The quantitative estimate of drug-likeness (QED) is 0.521. The van der Waals surface area contributed by atoms with E-state index in [1.54, 1.807) is 0 Å². The van der Waals surface area contributed by atoms with Crippen LogP contribution in [0.2, 0.25) is 0 Å². The number of hydrazone groups is 1. The highest BCUT2D eigenvalue weighted by molar-refractivity contribution is 6.01. The van der Waals surface area contributed by atoms with Crippen LogP contribution in [0.5, 0.6) is 5.75 Å². The summed E-state index contributed by atoms with van der Waals surface area (Å²) in [5.41, 5.74) is 8.73. The summed E-state index contributed by atoms with van der Waals surface area (Å²) in [7, 11) is 0. The molecule has 1 amide bonds. The number of nitrogens with zero attached hydrogens (tertiary/aromatic N) is 1. The first-order chi connectivity index (χ1) is 13.7. The summed E-state index contributed by atoms with van der Waals surface area (Å²) in [6.45, 7) is 4.47. The molecule has 0 aliphatic heterocycles. The monoisotopic (exact) mass is 370 g/mol. The molecular weight excluding hydrogens is 348 g/mol. The van der Waals surface area contributed by atoms with Crippen LogP contribution < -0.4 is 10.2 Å². The molecule has 28 heavy (non-hydrogen) atoms. The van der Waals surface area contributed by atoms with Crippen LogP contribution in [0, 0.1) is 0 Å². The zero-order valence-electron chi connectivity index (χ0n) is 16.0. The van der Waals surface area contributed by atoms with Crippen molar-refractivity contribution in [3.8, 4) is 16.9 Å². The second kappa shape index (κ2) is 7.69. The summed E-state index contributed by atoms with van der Waals surface area (Å²) in [5, 5.41) is 4.34. The van der Waals surface area contributed by atoms with Gasteiger partial charge in [-0.05, 0) is 65.9 Å². The van der Waals surface area contributed by atoms with Crippen molar-refractivity contribution in [2.45, 2.75) is 19.8 Å². The molecule has 0 heterocycles. The first kappa shape index (κ1) is 18.0. The van der Waals surface area contributed by atoms with Gasteiger partial charge in [-0.15, -0.1) is 0 Å². The zero-order valence-corrected chi connectivity index (χ0v) is 16.0. The van der Waals surface area contributed by atoms with Crippen LogP contribution in [0.25, 0.3) is 11.1 Å². The summed E-state index contributed by atoms with van der Waals surface area (Å²) in [4.78, 5) is 13.0. The molecule has 4 rings (SSSR count). The van der Waals surface area contributed by atoms with E-state index in [1.807, 2.05) is 74.5 Å². The first-order valence-corrected chi connectivity index (χ1v) is 9.44. The molecule has 1 N–H and O–H groups in total. The van der Waals surface area contributed by atoms with Gasteiger partial charge in [-0.2, -0.15) is 5.10 Å². The molecule has 140 valence electrons. The molecule has 0 bridgehead atoms. The van der Waals surface area contributed by atoms with Crippen molar-refractivity contribution < 1.29 is 9.53 Å². The minimum absolute atomic E-state index is 0.123. The second-order valence-corrected chi connectivity index (χ2v) is 6.74. The Morgan fingerprint density at radius 3 is 2.07 bits per heavy atom. The van der Waals surface area contributed by atoms with E-state index in [9.17, 15) is 4.79 Å². The standard InChI is InChI=1S/C24H22N2O2/c1-3-28-18-14-12-17(13-15-18)16(2)25-26-24(27)23-21-10-6-4-8-19(21)20-9-5-7-11-22(20)23/h4-15,23H,3H2,1-2H3,(H,26,27). The summed E-state index contributed by atoms with van der Waals surface area (Å²) in [6.07, 6.45) is 0. The van der Waals surface area contributed by atoms with Crippen LogP contribution in [-0.4, -0.2) is 18.2 Å². The van der Waals surface area contributed by atoms with Gasteiger partial charge in [0.05, 0.1) is 18.2 Å². The Hall–Kier alpha value is -3.40. The lowest BCUT2D eigenvalue weighted by molar-refractivity contribution is -0.121. The number of nitrogens with one attached hydrogen (secondary N) is 1. The minimum Gasteiger partial charge on any atom is -0.494 e. The normalized spacial score (nSPS) is 13.0.